The molecular weight excluding hydrogens is 174 g/mol. The van der Waals surface area contributed by atoms with E-state index in [1.54, 1.807) is 4.90 Å². The number of hydroxylamine groups is 2. The molecule has 2 aliphatic heterocycles. The highest BCUT2D eigenvalue weighted by Gasteiger charge is 2.38. The lowest BCUT2D eigenvalue weighted by Gasteiger charge is -2.19. The Morgan fingerprint density at radius 2 is 2.23 bits per heavy atom. The largest absolute Gasteiger partial charge is 0.372 e. The number of carbonyl (C=O) groups excluding carboxylic acids is 2. The van der Waals surface area contributed by atoms with Gasteiger partial charge in [-0.1, -0.05) is 0 Å². The van der Waals surface area contributed by atoms with Crippen molar-refractivity contribution < 1.29 is 14.8 Å². The number of hydrogen-bond acceptors (Lipinski definition) is 3. The molecule has 2 aliphatic rings. The van der Waals surface area contributed by atoms with Crippen LogP contribution in [0.4, 0.5) is 4.79 Å². The van der Waals surface area contributed by atoms with Crippen molar-refractivity contribution in [1.29, 1.82) is 0 Å². The summed E-state index contributed by atoms with van der Waals surface area (Å²) in [5.74, 6) is 0. The molecule has 1 atom stereocenters. The third-order valence-corrected chi connectivity index (χ3v) is 2.21. The van der Waals surface area contributed by atoms with Crippen molar-refractivity contribution in [2.75, 3.05) is 13.1 Å². The van der Waals surface area contributed by atoms with Gasteiger partial charge in [0.2, 0.25) is 6.41 Å². The fourth-order valence-electron chi connectivity index (χ4n) is 1.63. The smallest absolute Gasteiger partial charge is 0.344 e. The molecule has 0 spiro atoms. The quantitative estimate of drug-likeness (QED) is 0.391. The summed E-state index contributed by atoms with van der Waals surface area (Å²) in [4.78, 5) is 21.3. The fraction of sp³-hybridized carbons (Fsp3) is 0.714. The number of hydrogen-bond donors (Lipinski definition) is 2. The summed E-state index contributed by atoms with van der Waals surface area (Å²) in [6.45, 7) is 1.53. The molecule has 2 heterocycles. The summed E-state index contributed by atoms with van der Waals surface area (Å²) in [5, 5.41) is 9.98. The highest BCUT2D eigenvalue weighted by molar-refractivity contribution is 5.76. The maximum absolute atomic E-state index is 11.0. The van der Waals surface area contributed by atoms with Gasteiger partial charge in [-0.25, -0.2) is 9.86 Å². The van der Waals surface area contributed by atoms with Crippen LogP contribution in [0.25, 0.3) is 0 Å². The van der Waals surface area contributed by atoms with Crippen LogP contribution in [0.5, 0.6) is 0 Å². The zero-order valence-corrected chi connectivity index (χ0v) is 7.22. The van der Waals surface area contributed by atoms with Gasteiger partial charge in [0, 0.05) is 13.1 Å². The van der Waals surface area contributed by atoms with Crippen LogP contribution in [0, 0.1) is 0 Å². The molecule has 0 aliphatic carbocycles. The van der Waals surface area contributed by atoms with Crippen molar-refractivity contribution in [3.05, 3.63) is 0 Å². The van der Waals surface area contributed by atoms with Crippen LogP contribution >= 0.6 is 0 Å². The van der Waals surface area contributed by atoms with E-state index in [1.165, 1.54) is 0 Å². The van der Waals surface area contributed by atoms with Crippen molar-refractivity contribution in [3.63, 3.8) is 0 Å². The molecule has 2 rings (SSSR count). The molecule has 74 valence electrons. The molecule has 0 aromatic carbocycles. The van der Waals surface area contributed by atoms with Crippen molar-refractivity contribution in [1.82, 2.24) is 9.96 Å². The zero-order chi connectivity index (χ0) is 9.84. The van der Waals surface area contributed by atoms with Crippen LogP contribution < -0.4 is 5.73 Å². The van der Waals surface area contributed by atoms with E-state index in [2.05, 4.69) is 5.73 Å². The highest BCUT2D eigenvalue weighted by atomic mass is 16.5. The van der Waals surface area contributed by atoms with Gasteiger partial charge >= 0.3 is 6.03 Å². The molecule has 2 fully saturated rings. The first-order valence-corrected chi connectivity index (χ1v) is 4.13. The third kappa shape index (κ3) is 1.89. The molecule has 6 heteroatoms. The lowest BCUT2D eigenvalue weighted by atomic mass is 10.1. The van der Waals surface area contributed by atoms with Gasteiger partial charge in [0.1, 0.15) is 0 Å². The second-order valence-electron chi connectivity index (χ2n) is 3.01. The molecular formula is C7H13N3O3. The summed E-state index contributed by atoms with van der Waals surface area (Å²) >= 11 is 0. The number of carbonyl (C=O) groups is 2. The summed E-state index contributed by atoms with van der Waals surface area (Å²) in [5.41, 5.74) is 4.17. The normalized spacial score (nSPS) is 25.3. The number of primary amides is 1. The van der Waals surface area contributed by atoms with E-state index in [-0.39, 0.29) is 18.5 Å². The highest BCUT2D eigenvalue weighted by Crippen LogP contribution is 2.22. The SMILES string of the molecule is NC=O.O=C1N2CCCC(C2)N1O. The van der Waals surface area contributed by atoms with E-state index in [1.807, 2.05) is 0 Å². The molecule has 3 amide bonds. The molecule has 0 saturated carbocycles. The maximum Gasteiger partial charge on any atom is 0.344 e. The maximum atomic E-state index is 11.0. The first-order chi connectivity index (χ1) is 6.20. The van der Waals surface area contributed by atoms with Gasteiger partial charge in [0.05, 0.1) is 6.04 Å². The zero-order valence-electron chi connectivity index (χ0n) is 7.22. The predicted molar refractivity (Wildman–Crippen MR) is 43.9 cm³/mol. The number of rotatable bonds is 0. The topological polar surface area (TPSA) is 86.9 Å². The van der Waals surface area contributed by atoms with Crippen molar-refractivity contribution >= 4 is 12.4 Å². The molecule has 1 unspecified atom stereocenters. The monoisotopic (exact) mass is 187 g/mol. The standard InChI is InChI=1S/C6H10N2O2.CH3NO/c9-6-7-3-1-2-5(4-7)8(6)10;2-1-3/h5,10H,1-4H2;1H,(H2,2,3). The first kappa shape index (κ1) is 9.79. The van der Waals surface area contributed by atoms with Crippen LogP contribution in [0.15, 0.2) is 0 Å². The molecule has 0 radical (unpaired) electrons. The molecule has 6 nitrogen and oxygen atoms in total. The van der Waals surface area contributed by atoms with E-state index < -0.39 is 0 Å². The Balaban J connectivity index is 0.000000251. The summed E-state index contributed by atoms with van der Waals surface area (Å²) in [6.07, 6.45) is 2.21. The van der Waals surface area contributed by atoms with E-state index in [0.717, 1.165) is 31.0 Å². The number of amides is 3. The van der Waals surface area contributed by atoms with Gasteiger partial charge < -0.3 is 10.6 Å². The number of nitrogens with two attached hydrogens (primary N) is 1. The molecule has 2 bridgehead atoms. The predicted octanol–water partition coefficient (Wildman–Crippen LogP) is -0.623. The Bertz CT molecular complexity index is 205. The van der Waals surface area contributed by atoms with Gasteiger partial charge in [0.25, 0.3) is 0 Å². The molecule has 0 aromatic rings. The van der Waals surface area contributed by atoms with Crippen molar-refractivity contribution in [3.8, 4) is 0 Å². The minimum absolute atomic E-state index is 0.0706. The van der Waals surface area contributed by atoms with Crippen LogP contribution in [-0.2, 0) is 4.79 Å². The van der Waals surface area contributed by atoms with E-state index in [0.29, 0.717) is 0 Å². The summed E-state index contributed by atoms with van der Waals surface area (Å²) in [7, 11) is 0. The second kappa shape index (κ2) is 4.08. The van der Waals surface area contributed by atoms with Crippen LogP contribution in [0.3, 0.4) is 0 Å². The average molecular weight is 187 g/mol. The first-order valence-electron chi connectivity index (χ1n) is 4.13. The number of piperidine rings is 1. The Kier molecular flexibility index (Phi) is 3.07. The van der Waals surface area contributed by atoms with Gasteiger partial charge in [-0.3, -0.25) is 10.0 Å². The second-order valence-corrected chi connectivity index (χ2v) is 3.01. The number of nitrogens with zero attached hydrogens (tertiary/aromatic N) is 2. The van der Waals surface area contributed by atoms with Crippen LogP contribution in [-0.4, -0.2) is 46.7 Å². The summed E-state index contributed by atoms with van der Waals surface area (Å²) in [6, 6.07) is -0.149. The lowest BCUT2D eigenvalue weighted by molar-refractivity contribution is -0.106. The van der Waals surface area contributed by atoms with Gasteiger partial charge in [-0.15, -0.1) is 0 Å². The molecule has 13 heavy (non-hydrogen) atoms. The number of urea groups is 1. The van der Waals surface area contributed by atoms with Gasteiger partial charge in [-0.05, 0) is 12.8 Å². The fourth-order valence-corrected chi connectivity index (χ4v) is 1.63. The van der Waals surface area contributed by atoms with E-state index in [4.69, 9.17) is 10.0 Å². The Labute approximate surface area is 75.9 Å². The Hall–Kier alpha value is -1.30. The van der Waals surface area contributed by atoms with Crippen molar-refractivity contribution in [2.24, 2.45) is 5.73 Å². The van der Waals surface area contributed by atoms with Crippen LogP contribution in [0.1, 0.15) is 12.8 Å². The average Bonchev–Trinajstić information content (AvgIpc) is 2.33. The minimum Gasteiger partial charge on any atom is -0.372 e. The Morgan fingerprint density at radius 1 is 1.62 bits per heavy atom. The Morgan fingerprint density at radius 3 is 2.69 bits per heavy atom. The van der Waals surface area contributed by atoms with E-state index >= 15 is 0 Å². The van der Waals surface area contributed by atoms with Gasteiger partial charge in [-0.2, -0.15) is 0 Å². The molecule has 3 N–H and O–H groups in total. The lowest BCUT2D eigenvalue weighted by Crippen LogP contribution is -2.30. The van der Waals surface area contributed by atoms with Crippen molar-refractivity contribution in [2.45, 2.75) is 18.9 Å². The molecule has 0 aromatic heterocycles. The minimum atomic E-state index is -0.220. The summed E-state index contributed by atoms with van der Waals surface area (Å²) < 4.78 is 0. The van der Waals surface area contributed by atoms with Crippen LogP contribution in [0.2, 0.25) is 0 Å². The molecule has 2 saturated heterocycles. The van der Waals surface area contributed by atoms with E-state index in [9.17, 15) is 4.79 Å². The third-order valence-electron chi connectivity index (χ3n) is 2.21. The number of fused-ring (bicyclic) bond motifs is 2. The van der Waals surface area contributed by atoms with Gasteiger partial charge in [0.15, 0.2) is 0 Å².